The van der Waals surface area contributed by atoms with Crippen molar-refractivity contribution in [3.8, 4) is 45.3 Å². The minimum absolute atomic E-state index is 0.0691. The van der Waals surface area contributed by atoms with Crippen LogP contribution in [-0.4, -0.2) is 58.4 Å². The summed E-state index contributed by atoms with van der Waals surface area (Å²) in [5.74, 6) is -0.788. The molecule has 50 heavy (non-hydrogen) atoms. The number of pyridine rings is 2. The molecule has 0 radical (unpaired) electrons. The summed E-state index contributed by atoms with van der Waals surface area (Å²) < 4.78 is 39.4. The number of likely N-dealkylation sites (tertiary alicyclic amines) is 1. The van der Waals surface area contributed by atoms with Gasteiger partial charge in [-0.3, -0.25) is 14.9 Å². The van der Waals surface area contributed by atoms with Crippen molar-refractivity contribution >= 4 is 5.69 Å². The molecule has 1 aliphatic carbocycles. The molecule has 3 aromatic carbocycles. The van der Waals surface area contributed by atoms with E-state index in [2.05, 4.69) is 44.0 Å². The first kappa shape index (κ1) is 33.3. The van der Waals surface area contributed by atoms with Gasteiger partial charge in [0, 0.05) is 79.9 Å². The number of aromatic nitrogens is 2. The van der Waals surface area contributed by atoms with Crippen LogP contribution < -0.4 is 14.4 Å². The predicted molar refractivity (Wildman–Crippen MR) is 189 cm³/mol. The molecule has 8 nitrogen and oxygen atoms in total. The van der Waals surface area contributed by atoms with Crippen LogP contribution in [0.25, 0.3) is 22.3 Å². The van der Waals surface area contributed by atoms with Gasteiger partial charge in [0.15, 0.2) is 23.1 Å². The fourth-order valence-electron chi connectivity index (χ4n) is 6.88. The van der Waals surface area contributed by atoms with Crippen molar-refractivity contribution < 1.29 is 28.5 Å². The minimum atomic E-state index is -0.892. The molecule has 7 rings (SSSR count). The number of rotatable bonds is 11. The molecule has 2 N–H and O–H groups in total. The molecule has 2 aromatic heterocycles. The number of hydrogen-bond acceptors (Lipinski definition) is 8. The number of aromatic hydroxyl groups is 2. The average molecular weight is 679 g/mol. The van der Waals surface area contributed by atoms with Crippen LogP contribution in [0.3, 0.4) is 0 Å². The molecule has 2 fully saturated rings. The highest BCUT2D eigenvalue weighted by molar-refractivity contribution is 5.70. The van der Waals surface area contributed by atoms with Gasteiger partial charge in [-0.25, -0.2) is 8.78 Å². The lowest BCUT2D eigenvalue weighted by molar-refractivity contribution is 0.200. The molecule has 0 spiro atoms. The van der Waals surface area contributed by atoms with E-state index in [-0.39, 0.29) is 23.3 Å². The lowest BCUT2D eigenvalue weighted by Crippen LogP contribution is -2.44. The number of piperidine rings is 1. The fraction of sp³-hybridized carbons (Fsp3) is 0.300. The third kappa shape index (κ3) is 7.35. The normalized spacial score (nSPS) is 15.2. The first-order valence-electron chi connectivity index (χ1n) is 16.9. The number of benzene rings is 3. The Hall–Kier alpha value is -5.22. The zero-order valence-electron chi connectivity index (χ0n) is 28.2. The van der Waals surface area contributed by atoms with Crippen molar-refractivity contribution in [1.82, 2.24) is 14.9 Å². The van der Waals surface area contributed by atoms with Crippen molar-refractivity contribution in [2.45, 2.75) is 50.7 Å². The Balaban J connectivity index is 1.08. The summed E-state index contributed by atoms with van der Waals surface area (Å²) >= 11 is 0. The molecular formula is C40H40F2N4O4. The van der Waals surface area contributed by atoms with Gasteiger partial charge in [0.25, 0.3) is 0 Å². The van der Waals surface area contributed by atoms with Gasteiger partial charge in [0.1, 0.15) is 5.75 Å². The van der Waals surface area contributed by atoms with E-state index in [9.17, 15) is 19.0 Å². The SMILES string of the molecule is COc1cc(-c2cncc(CN3CCC(N(Cc4cncc(-c5cc(O)c(O)c(OC)c5)c4)c4ccc(F)c(F)c4)CC3)c2)cc(C2CC2)c1. The molecule has 258 valence electrons. The van der Waals surface area contributed by atoms with Gasteiger partial charge in [-0.2, -0.15) is 0 Å². The predicted octanol–water partition coefficient (Wildman–Crippen LogP) is 8.07. The van der Waals surface area contributed by atoms with Crippen molar-refractivity contribution in [2.24, 2.45) is 0 Å². The van der Waals surface area contributed by atoms with Crippen LogP contribution in [0.2, 0.25) is 0 Å². The monoisotopic (exact) mass is 678 g/mol. The summed E-state index contributed by atoms with van der Waals surface area (Å²) in [5, 5.41) is 20.3. The molecule has 10 heteroatoms. The second kappa shape index (κ2) is 14.3. The van der Waals surface area contributed by atoms with E-state index in [1.165, 1.54) is 43.7 Å². The van der Waals surface area contributed by atoms with E-state index in [0.717, 1.165) is 60.5 Å². The maximum Gasteiger partial charge on any atom is 0.200 e. The number of phenolic OH excluding ortho intramolecular Hbond substituents is 2. The van der Waals surface area contributed by atoms with Gasteiger partial charge in [-0.05, 0) is 108 Å². The van der Waals surface area contributed by atoms with Crippen LogP contribution >= 0.6 is 0 Å². The molecule has 1 saturated heterocycles. The van der Waals surface area contributed by atoms with Gasteiger partial charge in [0.2, 0.25) is 5.75 Å². The largest absolute Gasteiger partial charge is 0.504 e. The number of halogens is 2. The second-order valence-electron chi connectivity index (χ2n) is 13.2. The number of nitrogens with zero attached hydrogens (tertiary/aromatic N) is 4. The highest BCUT2D eigenvalue weighted by atomic mass is 19.2. The number of methoxy groups -OCH3 is 2. The fourth-order valence-corrected chi connectivity index (χ4v) is 6.88. The van der Waals surface area contributed by atoms with Crippen LogP contribution in [0.1, 0.15) is 48.3 Å². The zero-order chi connectivity index (χ0) is 34.8. The summed E-state index contributed by atoms with van der Waals surface area (Å²) in [6.07, 6.45) is 11.3. The summed E-state index contributed by atoms with van der Waals surface area (Å²) in [5.41, 5.74) is 7.41. The maximum atomic E-state index is 14.5. The molecular weight excluding hydrogens is 638 g/mol. The second-order valence-corrected chi connectivity index (χ2v) is 13.2. The highest BCUT2D eigenvalue weighted by Crippen LogP contribution is 2.43. The lowest BCUT2D eigenvalue weighted by atomic mass is 9.99. The molecule has 1 aliphatic heterocycles. The Bertz CT molecular complexity index is 2000. The first-order valence-corrected chi connectivity index (χ1v) is 16.9. The van der Waals surface area contributed by atoms with Crippen LogP contribution in [0.5, 0.6) is 23.0 Å². The summed E-state index contributed by atoms with van der Waals surface area (Å²) in [6, 6.07) is 17.8. The molecule has 0 amide bonds. The van der Waals surface area contributed by atoms with E-state index in [1.807, 2.05) is 18.5 Å². The van der Waals surface area contributed by atoms with Crippen molar-refractivity contribution in [2.75, 3.05) is 32.2 Å². The van der Waals surface area contributed by atoms with E-state index in [0.29, 0.717) is 29.3 Å². The Morgan fingerprint density at radius 3 is 2.12 bits per heavy atom. The zero-order valence-corrected chi connectivity index (χ0v) is 28.2. The van der Waals surface area contributed by atoms with E-state index >= 15 is 0 Å². The molecule has 0 bridgehead atoms. The van der Waals surface area contributed by atoms with Crippen LogP contribution in [-0.2, 0) is 13.1 Å². The van der Waals surface area contributed by atoms with Gasteiger partial charge in [-0.1, -0.05) is 6.07 Å². The molecule has 0 unspecified atom stereocenters. The number of ether oxygens (including phenoxy) is 2. The Kier molecular flexibility index (Phi) is 9.54. The number of phenols is 2. The Morgan fingerprint density at radius 2 is 1.44 bits per heavy atom. The summed E-state index contributed by atoms with van der Waals surface area (Å²) in [7, 11) is 3.12. The Morgan fingerprint density at radius 1 is 0.740 bits per heavy atom. The van der Waals surface area contributed by atoms with E-state index in [1.54, 1.807) is 31.6 Å². The molecule has 5 aromatic rings. The molecule has 1 saturated carbocycles. The maximum absolute atomic E-state index is 14.5. The number of hydrogen-bond donors (Lipinski definition) is 2. The van der Waals surface area contributed by atoms with Gasteiger partial charge in [-0.15, -0.1) is 0 Å². The van der Waals surface area contributed by atoms with Crippen molar-refractivity contribution in [1.29, 1.82) is 0 Å². The quantitative estimate of drug-likeness (QED) is 0.136. The Labute approximate surface area is 290 Å². The topological polar surface area (TPSA) is 91.2 Å². The lowest BCUT2D eigenvalue weighted by Gasteiger charge is -2.40. The number of anilines is 1. The van der Waals surface area contributed by atoms with Crippen molar-refractivity contribution in [3.05, 3.63) is 114 Å². The van der Waals surface area contributed by atoms with Crippen molar-refractivity contribution in [3.63, 3.8) is 0 Å². The third-order valence-electron chi connectivity index (χ3n) is 9.74. The summed E-state index contributed by atoms with van der Waals surface area (Å²) in [6.45, 7) is 2.82. The van der Waals surface area contributed by atoms with Gasteiger partial charge < -0.3 is 24.6 Å². The molecule has 2 aliphatic rings. The van der Waals surface area contributed by atoms with Gasteiger partial charge >= 0.3 is 0 Å². The van der Waals surface area contributed by atoms with E-state index < -0.39 is 11.6 Å². The standard InChI is InChI=1S/C40H40F2N4O4/c1-49-35-14-28(27-3-4-27)13-29(15-35)31-11-25(19-43-21-31)23-45-9-7-33(8-10-45)46(34-5-6-36(41)37(42)18-34)24-26-12-32(22-44-20-26)30-16-38(47)40(48)39(17-30)50-2/h5-6,11-22,27,33,47-48H,3-4,7-10,23-24H2,1-2H3. The molecule has 3 heterocycles. The van der Waals surface area contributed by atoms with Crippen LogP contribution in [0.15, 0.2) is 85.5 Å². The smallest absolute Gasteiger partial charge is 0.200 e. The summed E-state index contributed by atoms with van der Waals surface area (Å²) in [4.78, 5) is 13.6. The highest BCUT2D eigenvalue weighted by Gasteiger charge is 2.27. The van der Waals surface area contributed by atoms with E-state index in [4.69, 9.17) is 9.47 Å². The third-order valence-corrected chi connectivity index (χ3v) is 9.74. The average Bonchev–Trinajstić information content (AvgIpc) is 3.99. The van der Waals surface area contributed by atoms with Gasteiger partial charge in [0.05, 0.1) is 14.2 Å². The van der Waals surface area contributed by atoms with Crippen LogP contribution in [0.4, 0.5) is 14.5 Å². The van der Waals surface area contributed by atoms with Crippen LogP contribution in [0, 0.1) is 11.6 Å². The first-order chi connectivity index (χ1) is 24.3. The molecule has 0 atom stereocenters. The minimum Gasteiger partial charge on any atom is -0.504 e.